The Balaban J connectivity index is 1.50. The number of carbonyl (C=O) groups is 3. The molecule has 2 amide bonds. The van der Waals surface area contributed by atoms with Crippen molar-refractivity contribution in [3.63, 3.8) is 0 Å². The molecule has 8 nitrogen and oxygen atoms in total. The largest absolute Gasteiger partial charge is 0.493 e. The third-order valence-electron chi connectivity index (χ3n) is 5.79. The molecule has 2 fully saturated rings. The van der Waals surface area contributed by atoms with E-state index in [1.165, 1.54) is 20.4 Å². The van der Waals surface area contributed by atoms with Crippen molar-refractivity contribution >= 4 is 24.0 Å². The summed E-state index contributed by atoms with van der Waals surface area (Å²) in [5.74, 6) is -0.461. The Bertz CT molecular complexity index is 894. The predicted molar refractivity (Wildman–Crippen MR) is 102 cm³/mol. The van der Waals surface area contributed by atoms with Gasteiger partial charge in [-0.05, 0) is 48.9 Å². The molecule has 4 rings (SSSR count). The molecule has 1 aromatic rings. The summed E-state index contributed by atoms with van der Waals surface area (Å²) >= 11 is 0. The lowest BCUT2D eigenvalue weighted by Gasteiger charge is -2.15. The molecule has 0 radical (unpaired) electrons. The number of fused-ring (bicyclic) bond motifs is 5. The molecule has 5 unspecified atom stereocenters. The van der Waals surface area contributed by atoms with Crippen LogP contribution < -0.4 is 9.47 Å². The molecule has 152 valence electrons. The van der Waals surface area contributed by atoms with Crippen molar-refractivity contribution in [1.82, 2.24) is 5.01 Å². The molecular formula is C21H22N2O6. The van der Waals surface area contributed by atoms with E-state index in [2.05, 4.69) is 9.84 Å². The van der Waals surface area contributed by atoms with Crippen LogP contribution >= 0.6 is 0 Å². The molecule has 1 heterocycles. The van der Waals surface area contributed by atoms with Crippen molar-refractivity contribution < 1.29 is 28.6 Å². The first-order valence-electron chi connectivity index (χ1n) is 9.47. The fraction of sp³-hybridized carbons (Fsp3) is 0.429. The Morgan fingerprint density at radius 1 is 1.14 bits per heavy atom. The molecule has 0 N–H and O–H groups in total. The summed E-state index contributed by atoms with van der Waals surface area (Å²) < 4.78 is 15.5. The highest BCUT2D eigenvalue weighted by Crippen LogP contribution is 2.52. The van der Waals surface area contributed by atoms with E-state index in [1.54, 1.807) is 25.1 Å². The highest BCUT2D eigenvalue weighted by molar-refractivity contribution is 6.06. The average molecular weight is 398 g/mol. The first-order valence-corrected chi connectivity index (χ1v) is 9.47. The van der Waals surface area contributed by atoms with E-state index in [9.17, 15) is 14.4 Å². The standard InChI is InChI=1S/C21H22N2O6/c1-11(21(26)28-3)29-15-7-4-12(8-16(15)27-2)10-22-23-19(24)17-13-5-6-14(9-13)18(17)20(23)25/h4-8,10-11,13-14,17-18H,9H2,1-3H3. The second kappa shape index (κ2) is 7.35. The maximum absolute atomic E-state index is 12.7. The van der Waals surface area contributed by atoms with Gasteiger partial charge < -0.3 is 14.2 Å². The minimum absolute atomic E-state index is 0.148. The molecule has 5 atom stereocenters. The van der Waals surface area contributed by atoms with E-state index in [-0.39, 0.29) is 35.5 Å². The summed E-state index contributed by atoms with van der Waals surface area (Å²) in [7, 11) is 2.76. The Morgan fingerprint density at radius 3 is 2.38 bits per heavy atom. The van der Waals surface area contributed by atoms with Gasteiger partial charge in [0.15, 0.2) is 17.6 Å². The van der Waals surface area contributed by atoms with Gasteiger partial charge in [0, 0.05) is 0 Å². The normalized spacial score (nSPS) is 28.2. The summed E-state index contributed by atoms with van der Waals surface area (Å²) in [4.78, 5) is 36.9. The van der Waals surface area contributed by atoms with Crippen LogP contribution in [0.3, 0.4) is 0 Å². The number of nitrogens with zero attached hydrogens (tertiary/aromatic N) is 2. The van der Waals surface area contributed by atoms with Crippen molar-refractivity contribution in [2.24, 2.45) is 28.8 Å². The van der Waals surface area contributed by atoms with E-state index < -0.39 is 12.1 Å². The minimum Gasteiger partial charge on any atom is -0.493 e. The minimum atomic E-state index is -0.795. The number of hydrogen-bond donors (Lipinski definition) is 0. The number of carbonyl (C=O) groups excluding carboxylic acids is 3. The molecule has 29 heavy (non-hydrogen) atoms. The van der Waals surface area contributed by atoms with Crippen LogP contribution in [0.15, 0.2) is 35.5 Å². The van der Waals surface area contributed by atoms with E-state index in [0.717, 1.165) is 11.4 Å². The van der Waals surface area contributed by atoms with Crippen LogP contribution in [0.25, 0.3) is 0 Å². The number of benzene rings is 1. The lowest BCUT2D eigenvalue weighted by atomic mass is 9.85. The van der Waals surface area contributed by atoms with E-state index in [1.807, 2.05) is 12.2 Å². The number of hydrogen-bond acceptors (Lipinski definition) is 7. The van der Waals surface area contributed by atoms with Crippen LogP contribution in [0.2, 0.25) is 0 Å². The highest BCUT2D eigenvalue weighted by atomic mass is 16.6. The van der Waals surface area contributed by atoms with Crippen LogP contribution in [0, 0.1) is 23.7 Å². The number of allylic oxidation sites excluding steroid dienone is 2. The van der Waals surface area contributed by atoms with Crippen molar-refractivity contribution in [3.8, 4) is 11.5 Å². The number of amides is 2. The number of methoxy groups -OCH3 is 2. The SMILES string of the molecule is COC(=O)C(C)Oc1ccc(C=NN2C(=O)C3C4C=CC(C4)C3C2=O)cc1OC. The first kappa shape index (κ1) is 19.2. The van der Waals surface area contributed by atoms with E-state index in [0.29, 0.717) is 17.1 Å². The zero-order valence-corrected chi connectivity index (χ0v) is 16.4. The van der Waals surface area contributed by atoms with Gasteiger partial charge in [-0.3, -0.25) is 9.59 Å². The van der Waals surface area contributed by atoms with Crippen molar-refractivity contribution in [3.05, 3.63) is 35.9 Å². The van der Waals surface area contributed by atoms with Crippen molar-refractivity contribution in [1.29, 1.82) is 0 Å². The van der Waals surface area contributed by atoms with Crippen LogP contribution in [-0.4, -0.2) is 49.3 Å². The Morgan fingerprint density at radius 2 is 1.79 bits per heavy atom. The van der Waals surface area contributed by atoms with Gasteiger partial charge in [-0.25, -0.2) is 4.79 Å². The zero-order valence-electron chi connectivity index (χ0n) is 16.4. The van der Waals surface area contributed by atoms with Gasteiger partial charge in [-0.1, -0.05) is 12.2 Å². The molecule has 1 saturated carbocycles. The number of ether oxygens (including phenoxy) is 3. The van der Waals surface area contributed by atoms with Crippen molar-refractivity contribution in [2.75, 3.05) is 14.2 Å². The molecule has 1 saturated heterocycles. The van der Waals surface area contributed by atoms with Gasteiger partial charge in [0.25, 0.3) is 11.8 Å². The Kier molecular flexibility index (Phi) is 4.86. The lowest BCUT2D eigenvalue weighted by molar-refractivity contribution is -0.148. The van der Waals surface area contributed by atoms with Crippen LogP contribution in [0.5, 0.6) is 11.5 Å². The van der Waals surface area contributed by atoms with Gasteiger partial charge in [0.2, 0.25) is 0 Å². The molecular weight excluding hydrogens is 376 g/mol. The summed E-state index contributed by atoms with van der Waals surface area (Å²) in [6.45, 7) is 1.57. The molecule has 3 aliphatic rings. The second-order valence-corrected chi connectivity index (χ2v) is 7.43. The van der Waals surface area contributed by atoms with E-state index in [4.69, 9.17) is 9.47 Å². The molecule has 2 bridgehead atoms. The Hall–Kier alpha value is -3.16. The van der Waals surface area contributed by atoms with Crippen molar-refractivity contribution in [2.45, 2.75) is 19.4 Å². The lowest BCUT2D eigenvalue weighted by Crippen LogP contribution is -2.28. The van der Waals surface area contributed by atoms with Gasteiger partial charge in [0.05, 0.1) is 32.3 Å². The van der Waals surface area contributed by atoms with Crippen LogP contribution in [0.4, 0.5) is 0 Å². The summed E-state index contributed by atoms with van der Waals surface area (Å²) in [5.41, 5.74) is 0.624. The molecule has 1 aromatic carbocycles. The average Bonchev–Trinajstić information content (AvgIpc) is 3.41. The maximum Gasteiger partial charge on any atom is 0.346 e. The third-order valence-corrected chi connectivity index (χ3v) is 5.79. The number of rotatable bonds is 6. The fourth-order valence-electron chi connectivity index (χ4n) is 4.39. The molecule has 0 spiro atoms. The van der Waals surface area contributed by atoms with Gasteiger partial charge in [-0.15, -0.1) is 0 Å². The zero-order chi connectivity index (χ0) is 20.7. The summed E-state index contributed by atoms with van der Waals surface area (Å²) in [6.07, 6.45) is 5.62. The van der Waals surface area contributed by atoms with Gasteiger partial charge in [-0.2, -0.15) is 10.1 Å². The van der Waals surface area contributed by atoms with E-state index >= 15 is 0 Å². The maximum atomic E-state index is 12.7. The Labute approximate surface area is 168 Å². The monoisotopic (exact) mass is 398 g/mol. The summed E-state index contributed by atoms with van der Waals surface area (Å²) in [5, 5.41) is 5.15. The number of esters is 1. The topological polar surface area (TPSA) is 94.5 Å². The molecule has 0 aromatic heterocycles. The molecule has 2 aliphatic carbocycles. The van der Waals surface area contributed by atoms with Crippen LogP contribution in [0.1, 0.15) is 18.9 Å². The number of imide groups is 1. The highest BCUT2D eigenvalue weighted by Gasteiger charge is 2.59. The third kappa shape index (κ3) is 3.18. The molecule has 8 heteroatoms. The smallest absolute Gasteiger partial charge is 0.346 e. The van der Waals surface area contributed by atoms with Gasteiger partial charge >= 0.3 is 5.97 Å². The predicted octanol–water partition coefficient (Wildman–Crippen LogP) is 1.78. The van der Waals surface area contributed by atoms with Crippen LogP contribution in [-0.2, 0) is 19.1 Å². The quantitative estimate of drug-likeness (QED) is 0.314. The second-order valence-electron chi connectivity index (χ2n) is 7.43. The molecule has 1 aliphatic heterocycles. The number of hydrazone groups is 1. The summed E-state index contributed by atoms with van der Waals surface area (Å²) in [6, 6.07) is 4.98. The fourth-order valence-corrected chi connectivity index (χ4v) is 4.39. The first-order chi connectivity index (χ1) is 13.9. The van der Waals surface area contributed by atoms with Gasteiger partial charge in [0.1, 0.15) is 0 Å².